The molecule has 18 heavy (non-hydrogen) atoms. The van der Waals surface area contributed by atoms with E-state index in [0.29, 0.717) is 5.69 Å². The van der Waals surface area contributed by atoms with Crippen molar-refractivity contribution in [2.75, 3.05) is 4.31 Å². The van der Waals surface area contributed by atoms with Crippen LogP contribution in [0.2, 0.25) is 0 Å². The monoisotopic (exact) mass is 331 g/mol. The molecule has 6 heteroatoms. The molecule has 1 saturated heterocycles. The lowest BCUT2D eigenvalue weighted by Crippen LogP contribution is -2.67. The molecule has 0 aliphatic carbocycles. The second-order valence-corrected chi connectivity index (χ2v) is 8.11. The Morgan fingerprint density at radius 1 is 1.17 bits per heavy atom. The fourth-order valence-electron chi connectivity index (χ4n) is 1.95. The van der Waals surface area contributed by atoms with Crippen LogP contribution in [0.1, 0.15) is 25.0 Å². The first kappa shape index (κ1) is 13.5. The summed E-state index contributed by atoms with van der Waals surface area (Å²) in [5.74, 6) is -0.386. The second-order valence-electron chi connectivity index (χ2n) is 4.98. The molecule has 0 unspecified atom stereocenters. The predicted octanol–water partition coefficient (Wildman–Crippen LogP) is 2.52. The number of nitrogens with zero attached hydrogens (tertiary/aromatic N) is 1. The molecule has 0 radical (unpaired) electrons. The van der Waals surface area contributed by atoms with Crippen molar-refractivity contribution < 1.29 is 13.2 Å². The van der Waals surface area contributed by atoms with Gasteiger partial charge in [0.15, 0.2) is 4.75 Å². The van der Waals surface area contributed by atoms with E-state index in [-0.39, 0.29) is 5.91 Å². The number of aryl methyl sites for hydroxylation is 2. The lowest BCUT2D eigenvalue weighted by Gasteiger charge is -2.43. The van der Waals surface area contributed by atoms with Crippen molar-refractivity contribution in [3.05, 3.63) is 27.7 Å². The maximum absolute atomic E-state index is 12.1. The van der Waals surface area contributed by atoms with Crippen molar-refractivity contribution in [2.24, 2.45) is 0 Å². The third-order valence-corrected chi connectivity index (χ3v) is 6.81. The predicted molar refractivity (Wildman–Crippen MR) is 74.1 cm³/mol. The molecule has 1 aromatic carbocycles. The number of halogens is 1. The largest absolute Gasteiger partial charge is 0.272 e. The SMILES string of the molecule is Cc1cc(N2C(=O)C(C)(C)S2(=O)=O)cc(C)c1Br. The molecular formula is C12H14BrNO3S. The Morgan fingerprint density at radius 2 is 1.61 bits per heavy atom. The fraction of sp³-hybridized carbons (Fsp3) is 0.417. The van der Waals surface area contributed by atoms with Gasteiger partial charge >= 0.3 is 0 Å². The number of carbonyl (C=O) groups is 1. The first-order chi connectivity index (χ1) is 8.10. The third-order valence-electron chi connectivity index (χ3n) is 3.24. The summed E-state index contributed by atoms with van der Waals surface area (Å²) < 4.78 is 24.7. The maximum atomic E-state index is 12.1. The average molecular weight is 332 g/mol. The highest BCUT2D eigenvalue weighted by molar-refractivity contribution is 9.10. The zero-order valence-electron chi connectivity index (χ0n) is 10.6. The van der Waals surface area contributed by atoms with E-state index < -0.39 is 14.8 Å². The number of hydrogen-bond acceptors (Lipinski definition) is 3. The quantitative estimate of drug-likeness (QED) is 0.794. The van der Waals surface area contributed by atoms with E-state index in [1.807, 2.05) is 13.8 Å². The molecule has 4 nitrogen and oxygen atoms in total. The molecule has 0 saturated carbocycles. The van der Waals surface area contributed by atoms with Gasteiger partial charge < -0.3 is 0 Å². The van der Waals surface area contributed by atoms with E-state index in [1.54, 1.807) is 12.1 Å². The number of hydrogen-bond donors (Lipinski definition) is 0. The molecule has 0 atom stereocenters. The average Bonchev–Trinajstić information content (AvgIpc) is 2.25. The van der Waals surface area contributed by atoms with Crippen LogP contribution in [0.4, 0.5) is 5.69 Å². The van der Waals surface area contributed by atoms with E-state index >= 15 is 0 Å². The van der Waals surface area contributed by atoms with Crippen LogP contribution in [0.25, 0.3) is 0 Å². The van der Waals surface area contributed by atoms with Crippen LogP contribution in [0.3, 0.4) is 0 Å². The minimum absolute atomic E-state index is 0.386. The van der Waals surface area contributed by atoms with Crippen molar-refractivity contribution in [3.8, 4) is 0 Å². The highest BCUT2D eigenvalue weighted by Gasteiger charge is 2.60. The Hall–Kier alpha value is -0.880. The number of anilines is 1. The van der Waals surface area contributed by atoms with Crippen LogP contribution in [0.15, 0.2) is 16.6 Å². The molecule has 0 aromatic heterocycles. The van der Waals surface area contributed by atoms with Gasteiger partial charge in [-0.25, -0.2) is 12.7 Å². The van der Waals surface area contributed by atoms with Crippen molar-refractivity contribution in [1.29, 1.82) is 0 Å². The molecular weight excluding hydrogens is 318 g/mol. The van der Waals surface area contributed by atoms with Crippen molar-refractivity contribution in [1.82, 2.24) is 0 Å². The summed E-state index contributed by atoms with van der Waals surface area (Å²) in [5, 5.41) is 0. The van der Waals surface area contributed by atoms with Crippen LogP contribution >= 0.6 is 15.9 Å². The topological polar surface area (TPSA) is 54.5 Å². The van der Waals surface area contributed by atoms with Gasteiger partial charge in [0.1, 0.15) is 0 Å². The minimum Gasteiger partial charge on any atom is -0.272 e. The summed E-state index contributed by atoms with van der Waals surface area (Å²) in [6.07, 6.45) is 0. The summed E-state index contributed by atoms with van der Waals surface area (Å²) >= 11 is 3.42. The lowest BCUT2D eigenvalue weighted by molar-refractivity contribution is -0.120. The molecule has 1 heterocycles. The number of rotatable bonds is 1. The molecule has 98 valence electrons. The van der Waals surface area contributed by atoms with Crippen molar-refractivity contribution >= 4 is 37.5 Å². The molecule has 0 N–H and O–H groups in total. The number of carbonyl (C=O) groups excluding carboxylic acids is 1. The van der Waals surface area contributed by atoms with Crippen LogP contribution < -0.4 is 4.31 Å². The molecule has 1 fully saturated rings. The summed E-state index contributed by atoms with van der Waals surface area (Å²) in [7, 11) is -3.58. The van der Waals surface area contributed by atoms with Gasteiger partial charge in [-0.1, -0.05) is 15.9 Å². The Bertz CT molecular complexity index is 626. The Labute approximate surface area is 115 Å². The van der Waals surface area contributed by atoms with E-state index in [0.717, 1.165) is 19.9 Å². The lowest BCUT2D eigenvalue weighted by atomic mass is 10.1. The summed E-state index contributed by atoms with van der Waals surface area (Å²) in [5.41, 5.74) is 2.22. The van der Waals surface area contributed by atoms with E-state index in [9.17, 15) is 13.2 Å². The molecule has 1 amide bonds. The highest BCUT2D eigenvalue weighted by Crippen LogP contribution is 2.40. The zero-order chi connectivity index (χ0) is 13.9. The number of benzene rings is 1. The van der Waals surface area contributed by atoms with Gasteiger partial charge in [0, 0.05) is 4.47 Å². The van der Waals surface area contributed by atoms with Crippen LogP contribution in [0, 0.1) is 13.8 Å². The molecule has 0 spiro atoms. The van der Waals surface area contributed by atoms with Gasteiger partial charge in [-0.3, -0.25) is 4.79 Å². The number of sulfonamides is 1. The van der Waals surface area contributed by atoms with E-state index in [2.05, 4.69) is 15.9 Å². The molecule has 0 bridgehead atoms. The van der Waals surface area contributed by atoms with Crippen LogP contribution in [-0.2, 0) is 14.8 Å². The normalized spacial score (nSPS) is 20.7. The van der Waals surface area contributed by atoms with E-state index in [1.165, 1.54) is 13.8 Å². The first-order valence-electron chi connectivity index (χ1n) is 5.47. The minimum atomic E-state index is -3.58. The van der Waals surface area contributed by atoms with Crippen LogP contribution in [0.5, 0.6) is 0 Å². The Kier molecular flexibility index (Phi) is 2.86. The fourth-order valence-corrected chi connectivity index (χ4v) is 3.64. The van der Waals surface area contributed by atoms with Gasteiger partial charge in [0.25, 0.3) is 15.9 Å². The molecule has 1 aromatic rings. The van der Waals surface area contributed by atoms with Crippen molar-refractivity contribution in [3.63, 3.8) is 0 Å². The first-order valence-corrected chi connectivity index (χ1v) is 7.70. The zero-order valence-corrected chi connectivity index (χ0v) is 13.0. The molecule has 1 aliphatic rings. The Morgan fingerprint density at radius 3 is 2.00 bits per heavy atom. The standard InChI is InChI=1S/C12H14BrNO3S/c1-7-5-9(6-8(2)10(7)13)14-11(15)12(3,4)18(14,16)17/h5-6H,1-4H3. The smallest absolute Gasteiger partial charge is 0.263 e. The Balaban J connectivity index is 2.57. The van der Waals surface area contributed by atoms with Gasteiger partial charge in [-0.15, -0.1) is 0 Å². The van der Waals surface area contributed by atoms with Crippen LogP contribution in [-0.4, -0.2) is 19.1 Å². The summed E-state index contributed by atoms with van der Waals surface area (Å²) in [4.78, 5) is 11.9. The maximum Gasteiger partial charge on any atom is 0.263 e. The third kappa shape index (κ3) is 1.55. The van der Waals surface area contributed by atoms with Gasteiger partial charge in [-0.05, 0) is 51.0 Å². The second kappa shape index (κ2) is 3.81. The summed E-state index contributed by atoms with van der Waals surface area (Å²) in [6.45, 7) is 6.59. The van der Waals surface area contributed by atoms with Gasteiger partial charge in [0.05, 0.1) is 5.69 Å². The van der Waals surface area contributed by atoms with Crippen molar-refractivity contribution in [2.45, 2.75) is 32.4 Å². The highest BCUT2D eigenvalue weighted by atomic mass is 79.9. The number of amides is 1. The van der Waals surface area contributed by atoms with E-state index in [4.69, 9.17) is 0 Å². The molecule has 2 rings (SSSR count). The van der Waals surface area contributed by atoms with Gasteiger partial charge in [0.2, 0.25) is 0 Å². The molecule has 1 aliphatic heterocycles. The summed E-state index contributed by atoms with van der Waals surface area (Å²) in [6, 6.07) is 3.39. The van der Waals surface area contributed by atoms with Gasteiger partial charge in [-0.2, -0.15) is 0 Å².